The van der Waals surface area contributed by atoms with Gasteiger partial charge < -0.3 is 19.1 Å². The Morgan fingerprint density at radius 1 is 1.09 bits per heavy atom. The molecule has 0 aliphatic carbocycles. The van der Waals surface area contributed by atoms with Crippen molar-refractivity contribution < 1.29 is 28.7 Å². The van der Waals surface area contributed by atoms with Crippen LogP contribution in [-0.2, 0) is 9.59 Å². The molecule has 2 heterocycles. The number of aromatic nitrogens is 1. The molecular formula is C25H24N2O6. The van der Waals surface area contributed by atoms with Crippen LogP contribution < -0.4 is 14.4 Å². The van der Waals surface area contributed by atoms with Gasteiger partial charge in [0.15, 0.2) is 5.82 Å². The van der Waals surface area contributed by atoms with Crippen molar-refractivity contribution in [2.24, 2.45) is 0 Å². The molecule has 1 atom stereocenters. The van der Waals surface area contributed by atoms with Crippen LogP contribution in [0.25, 0.3) is 5.76 Å². The zero-order chi connectivity index (χ0) is 23.7. The smallest absolute Gasteiger partial charge is 0.301 e. The van der Waals surface area contributed by atoms with Gasteiger partial charge in [-0.15, -0.1) is 0 Å². The Kier molecular flexibility index (Phi) is 5.91. The summed E-state index contributed by atoms with van der Waals surface area (Å²) in [5.41, 5.74) is 0.912. The Morgan fingerprint density at radius 3 is 2.42 bits per heavy atom. The highest BCUT2D eigenvalue weighted by atomic mass is 16.5. The number of benzene rings is 2. The molecule has 8 nitrogen and oxygen atoms in total. The molecule has 33 heavy (non-hydrogen) atoms. The summed E-state index contributed by atoms with van der Waals surface area (Å²) >= 11 is 0. The molecule has 8 heteroatoms. The second-order valence-electron chi connectivity index (χ2n) is 7.93. The average molecular weight is 448 g/mol. The summed E-state index contributed by atoms with van der Waals surface area (Å²) < 4.78 is 16.1. The number of aryl methyl sites for hydroxylation is 1. The van der Waals surface area contributed by atoms with Crippen molar-refractivity contribution in [1.29, 1.82) is 0 Å². The van der Waals surface area contributed by atoms with E-state index in [-0.39, 0.29) is 23.3 Å². The van der Waals surface area contributed by atoms with Crippen LogP contribution in [0.4, 0.5) is 5.82 Å². The number of methoxy groups -OCH3 is 1. The predicted octanol–water partition coefficient (Wildman–Crippen LogP) is 4.41. The van der Waals surface area contributed by atoms with E-state index in [0.717, 1.165) is 0 Å². The maximum absolute atomic E-state index is 13.1. The van der Waals surface area contributed by atoms with Gasteiger partial charge in [0.2, 0.25) is 0 Å². The van der Waals surface area contributed by atoms with Crippen LogP contribution in [0.1, 0.15) is 36.8 Å². The van der Waals surface area contributed by atoms with Gasteiger partial charge >= 0.3 is 5.91 Å². The van der Waals surface area contributed by atoms with Gasteiger partial charge in [-0.2, -0.15) is 0 Å². The molecule has 1 aromatic heterocycles. The number of rotatable bonds is 6. The molecule has 0 saturated carbocycles. The molecule has 1 saturated heterocycles. The Balaban J connectivity index is 1.87. The SMILES string of the molecule is COc1cccc([C@H]2C(=C(O)c3ccc(OC(C)C)cc3)C(=O)C(=O)N2c2cc(C)on2)c1. The van der Waals surface area contributed by atoms with Crippen molar-refractivity contribution in [3.8, 4) is 11.5 Å². The van der Waals surface area contributed by atoms with E-state index in [1.54, 1.807) is 61.5 Å². The van der Waals surface area contributed by atoms with Crippen molar-refractivity contribution in [3.63, 3.8) is 0 Å². The monoisotopic (exact) mass is 448 g/mol. The molecule has 1 amide bonds. The number of ketones is 1. The second kappa shape index (κ2) is 8.82. The molecule has 1 N–H and O–H groups in total. The Morgan fingerprint density at radius 2 is 1.82 bits per heavy atom. The van der Waals surface area contributed by atoms with Crippen LogP contribution in [0.2, 0.25) is 0 Å². The summed E-state index contributed by atoms with van der Waals surface area (Å²) in [7, 11) is 1.53. The lowest BCUT2D eigenvalue weighted by Gasteiger charge is -2.23. The number of aliphatic hydroxyl groups excluding tert-OH is 1. The molecule has 4 rings (SSSR count). The Labute approximate surface area is 191 Å². The fourth-order valence-electron chi connectivity index (χ4n) is 3.78. The van der Waals surface area contributed by atoms with Gasteiger partial charge in [0.05, 0.1) is 24.8 Å². The van der Waals surface area contributed by atoms with Crippen LogP contribution in [0, 0.1) is 6.92 Å². The van der Waals surface area contributed by atoms with Crippen LogP contribution >= 0.6 is 0 Å². The van der Waals surface area contributed by atoms with Crippen molar-refractivity contribution >= 4 is 23.3 Å². The third kappa shape index (κ3) is 4.19. The van der Waals surface area contributed by atoms with Crippen LogP contribution in [0.3, 0.4) is 0 Å². The maximum atomic E-state index is 13.1. The normalized spacial score (nSPS) is 17.6. The van der Waals surface area contributed by atoms with Crippen molar-refractivity contribution in [3.05, 3.63) is 77.1 Å². The molecule has 0 unspecified atom stereocenters. The summed E-state index contributed by atoms with van der Waals surface area (Å²) in [6, 6.07) is 14.3. The number of nitrogens with zero attached hydrogens (tertiary/aromatic N) is 2. The lowest BCUT2D eigenvalue weighted by atomic mass is 9.95. The molecule has 1 fully saturated rings. The number of anilines is 1. The lowest BCUT2D eigenvalue weighted by Crippen LogP contribution is -2.29. The third-order valence-corrected chi connectivity index (χ3v) is 5.22. The van der Waals surface area contributed by atoms with Gasteiger partial charge in [-0.1, -0.05) is 17.3 Å². The fraction of sp³-hybridized carbons (Fsp3) is 0.240. The minimum atomic E-state index is -0.920. The second-order valence-corrected chi connectivity index (χ2v) is 7.93. The van der Waals surface area contributed by atoms with Crippen LogP contribution in [0.15, 0.2) is 64.7 Å². The largest absolute Gasteiger partial charge is 0.507 e. The highest BCUT2D eigenvalue weighted by Gasteiger charge is 2.48. The molecule has 2 aromatic carbocycles. The molecule has 170 valence electrons. The first-order chi connectivity index (χ1) is 15.8. The molecular weight excluding hydrogens is 424 g/mol. The summed E-state index contributed by atoms with van der Waals surface area (Å²) in [5.74, 6) is -0.0749. The first kappa shape index (κ1) is 22.1. The van der Waals surface area contributed by atoms with Gasteiger partial charge in [-0.25, -0.2) is 0 Å². The molecule has 0 bridgehead atoms. The first-order valence-electron chi connectivity index (χ1n) is 10.5. The highest BCUT2D eigenvalue weighted by molar-refractivity contribution is 6.51. The summed E-state index contributed by atoms with van der Waals surface area (Å²) in [6.07, 6.45) is -0.00579. The third-order valence-electron chi connectivity index (χ3n) is 5.22. The zero-order valence-electron chi connectivity index (χ0n) is 18.7. The van der Waals surface area contributed by atoms with Gasteiger partial charge in [-0.05, 0) is 62.7 Å². The lowest BCUT2D eigenvalue weighted by molar-refractivity contribution is -0.132. The number of hydrogen-bond donors (Lipinski definition) is 1. The number of carbonyl (C=O) groups is 2. The Hall–Kier alpha value is -4.07. The first-order valence-corrected chi connectivity index (χ1v) is 10.5. The predicted molar refractivity (Wildman–Crippen MR) is 121 cm³/mol. The van der Waals surface area contributed by atoms with Crippen molar-refractivity contribution in [1.82, 2.24) is 5.16 Å². The summed E-state index contributed by atoms with van der Waals surface area (Å²) in [6.45, 7) is 5.51. The number of ether oxygens (including phenoxy) is 2. The van der Waals surface area contributed by atoms with Crippen molar-refractivity contribution in [2.75, 3.05) is 12.0 Å². The molecule has 3 aromatic rings. The summed E-state index contributed by atoms with van der Waals surface area (Å²) in [4.78, 5) is 27.4. The quantitative estimate of drug-likeness (QED) is 0.339. The van der Waals surface area contributed by atoms with Gasteiger partial charge in [0, 0.05) is 11.6 Å². The van der Waals surface area contributed by atoms with E-state index in [4.69, 9.17) is 14.0 Å². The van der Waals surface area contributed by atoms with E-state index in [1.165, 1.54) is 12.0 Å². The Bertz CT molecular complexity index is 1230. The average Bonchev–Trinajstić information content (AvgIpc) is 3.34. The number of aliphatic hydroxyl groups is 1. The van der Waals surface area contributed by atoms with Gasteiger partial charge in [-0.3, -0.25) is 14.5 Å². The topological polar surface area (TPSA) is 102 Å². The molecule has 1 aliphatic rings. The van der Waals surface area contributed by atoms with Gasteiger partial charge in [0.1, 0.15) is 23.0 Å². The highest BCUT2D eigenvalue weighted by Crippen LogP contribution is 2.42. The number of carbonyl (C=O) groups excluding carboxylic acids is 2. The minimum Gasteiger partial charge on any atom is -0.507 e. The number of hydrogen-bond acceptors (Lipinski definition) is 7. The van der Waals surface area contributed by atoms with Gasteiger partial charge in [0.25, 0.3) is 5.78 Å². The van der Waals surface area contributed by atoms with Crippen LogP contribution in [-0.4, -0.2) is 35.2 Å². The van der Waals surface area contributed by atoms with E-state index in [9.17, 15) is 14.7 Å². The van der Waals surface area contributed by atoms with Crippen molar-refractivity contribution in [2.45, 2.75) is 32.9 Å². The minimum absolute atomic E-state index is 0.00579. The maximum Gasteiger partial charge on any atom is 0.301 e. The molecule has 1 aliphatic heterocycles. The van der Waals surface area contributed by atoms with Crippen LogP contribution in [0.5, 0.6) is 11.5 Å². The standard InChI is InChI=1S/C25H24N2O6/c1-14(2)32-18-10-8-16(9-11-18)23(28)21-22(17-6-5-7-19(13-17)31-4)27(25(30)24(21)29)20-12-15(3)33-26-20/h5-14,22,28H,1-4H3/t22-/m0/s1. The number of Topliss-reactive ketones (excluding diaryl/α,β-unsaturated/α-hetero) is 1. The number of amides is 1. The van der Waals surface area contributed by atoms with E-state index < -0.39 is 17.7 Å². The fourth-order valence-corrected chi connectivity index (χ4v) is 3.78. The van der Waals surface area contributed by atoms with E-state index in [1.807, 2.05) is 13.8 Å². The molecule has 0 radical (unpaired) electrons. The van der Waals surface area contributed by atoms with E-state index in [0.29, 0.717) is 28.4 Å². The molecule has 0 spiro atoms. The van der Waals surface area contributed by atoms with E-state index in [2.05, 4.69) is 5.16 Å². The van der Waals surface area contributed by atoms with E-state index >= 15 is 0 Å². The zero-order valence-corrected chi connectivity index (χ0v) is 18.7. The summed E-state index contributed by atoms with van der Waals surface area (Å²) in [5, 5.41) is 15.1.